The van der Waals surface area contributed by atoms with E-state index in [4.69, 9.17) is 16.3 Å². The number of halogens is 1. The molecule has 3 aliphatic rings. The Hall–Kier alpha value is -3.14. The maximum absolute atomic E-state index is 13.4. The van der Waals surface area contributed by atoms with E-state index >= 15 is 0 Å². The van der Waals surface area contributed by atoms with Crippen LogP contribution in [0.5, 0.6) is 0 Å². The minimum Gasteiger partial charge on any atom is -0.445 e. The number of alkyl carbamates (subject to hydrolysis) is 1. The molecule has 0 bridgehead atoms. The Morgan fingerprint density at radius 2 is 1.88 bits per heavy atom. The van der Waals surface area contributed by atoms with Crippen molar-refractivity contribution in [3.8, 4) is 0 Å². The fourth-order valence-electron chi connectivity index (χ4n) is 6.43. The van der Waals surface area contributed by atoms with Gasteiger partial charge in [0.2, 0.25) is 17.7 Å². The van der Waals surface area contributed by atoms with Crippen LogP contribution < -0.4 is 16.0 Å². The molecule has 41 heavy (non-hydrogen) atoms. The highest BCUT2D eigenvalue weighted by molar-refractivity contribution is 6.30. The largest absolute Gasteiger partial charge is 0.445 e. The second-order valence-corrected chi connectivity index (χ2v) is 12.2. The van der Waals surface area contributed by atoms with Gasteiger partial charge in [0.25, 0.3) is 0 Å². The number of hydrogen-bond donors (Lipinski definition) is 3. The van der Waals surface area contributed by atoms with Crippen molar-refractivity contribution in [1.82, 2.24) is 20.9 Å². The predicted octanol–water partition coefficient (Wildman–Crippen LogP) is 3.50. The van der Waals surface area contributed by atoms with E-state index in [2.05, 4.69) is 16.0 Å². The lowest BCUT2D eigenvalue weighted by molar-refractivity contribution is -0.130. The minimum atomic E-state index is -0.871. The number of likely N-dealkylation sites (tertiary alicyclic amines) is 1. The molecule has 2 heterocycles. The number of aldehydes is 1. The number of rotatable bonds is 10. The standard InChI is InChI=1S/C30H41ClN4O6/c1-20(37)35-12-10-30(11-13-35)17-23(27(38)34-30)16-25(18-36)32-28(39)26(15-21-6-3-2-4-7-21)33-29(40)41-19-22-8-5-9-24(31)14-22/h5,8-9,14,18,21,23,25-26H,2-4,6-7,10-13,15-17,19H2,1H3,(H,32,39)(H,33,40)(H,34,38). The molecular weight excluding hydrogens is 548 g/mol. The zero-order valence-corrected chi connectivity index (χ0v) is 24.4. The van der Waals surface area contributed by atoms with Crippen LogP contribution in [0.2, 0.25) is 5.02 Å². The number of nitrogens with one attached hydrogen (secondary N) is 3. The molecule has 10 nitrogen and oxygen atoms in total. The fraction of sp³-hybridized carbons (Fsp3) is 0.633. The smallest absolute Gasteiger partial charge is 0.408 e. The van der Waals surface area contributed by atoms with Crippen molar-refractivity contribution in [2.45, 2.75) is 95.4 Å². The van der Waals surface area contributed by atoms with Crippen LogP contribution in [0.3, 0.4) is 0 Å². The lowest BCUT2D eigenvalue weighted by Crippen LogP contribution is -2.51. The molecule has 1 aromatic rings. The number of nitrogens with zero attached hydrogens (tertiary/aromatic N) is 1. The number of piperidine rings is 1. The van der Waals surface area contributed by atoms with E-state index in [1.54, 1.807) is 36.1 Å². The summed E-state index contributed by atoms with van der Waals surface area (Å²) in [7, 11) is 0. The summed E-state index contributed by atoms with van der Waals surface area (Å²) in [6.45, 7) is 2.71. The van der Waals surface area contributed by atoms with Gasteiger partial charge in [0, 0.05) is 36.5 Å². The molecule has 3 N–H and O–H groups in total. The summed E-state index contributed by atoms with van der Waals surface area (Å²) in [4.78, 5) is 64.4. The quantitative estimate of drug-likeness (QED) is 0.358. The second-order valence-electron chi connectivity index (χ2n) is 11.8. The Morgan fingerprint density at radius 3 is 2.54 bits per heavy atom. The Morgan fingerprint density at radius 1 is 1.15 bits per heavy atom. The number of benzene rings is 1. The van der Waals surface area contributed by atoms with Crippen molar-refractivity contribution in [2.24, 2.45) is 11.8 Å². The van der Waals surface area contributed by atoms with Crippen LogP contribution in [0.1, 0.15) is 76.7 Å². The molecule has 2 saturated heterocycles. The van der Waals surface area contributed by atoms with E-state index in [1.807, 2.05) is 0 Å². The van der Waals surface area contributed by atoms with Crippen LogP contribution in [0.4, 0.5) is 4.79 Å². The first-order valence-corrected chi connectivity index (χ1v) is 15.0. The molecule has 3 fully saturated rings. The van der Waals surface area contributed by atoms with Crippen molar-refractivity contribution in [1.29, 1.82) is 0 Å². The summed E-state index contributed by atoms with van der Waals surface area (Å²) in [6, 6.07) is 5.24. The zero-order chi connectivity index (χ0) is 29.4. The number of hydrogen-bond acceptors (Lipinski definition) is 6. The molecule has 2 aliphatic heterocycles. The minimum absolute atomic E-state index is 0.00381. The van der Waals surface area contributed by atoms with Gasteiger partial charge in [-0.2, -0.15) is 0 Å². The fourth-order valence-corrected chi connectivity index (χ4v) is 6.65. The highest BCUT2D eigenvalue weighted by Gasteiger charge is 2.46. The van der Waals surface area contributed by atoms with E-state index in [1.165, 1.54) is 0 Å². The summed E-state index contributed by atoms with van der Waals surface area (Å²) < 4.78 is 5.36. The van der Waals surface area contributed by atoms with Gasteiger partial charge >= 0.3 is 6.09 Å². The SMILES string of the molecule is CC(=O)N1CCC2(CC1)CC(CC(C=O)NC(=O)C(CC1CCCCC1)NC(=O)OCc1cccc(Cl)c1)C(=O)N2. The molecule has 0 aromatic heterocycles. The van der Waals surface area contributed by atoms with Crippen molar-refractivity contribution in [3.05, 3.63) is 34.9 Å². The van der Waals surface area contributed by atoms with Crippen molar-refractivity contribution < 1.29 is 28.7 Å². The molecule has 224 valence electrons. The maximum Gasteiger partial charge on any atom is 0.408 e. The van der Waals surface area contributed by atoms with Crippen LogP contribution in [0.15, 0.2) is 24.3 Å². The molecule has 1 aromatic carbocycles. The van der Waals surface area contributed by atoms with Gasteiger partial charge in [-0.05, 0) is 55.7 Å². The average Bonchev–Trinajstić information content (AvgIpc) is 3.25. The third-order valence-electron chi connectivity index (χ3n) is 8.75. The van der Waals surface area contributed by atoms with Crippen molar-refractivity contribution >= 4 is 41.7 Å². The van der Waals surface area contributed by atoms with E-state index in [9.17, 15) is 24.0 Å². The topological polar surface area (TPSA) is 134 Å². The van der Waals surface area contributed by atoms with Gasteiger partial charge in [-0.1, -0.05) is 55.8 Å². The first kappa shape index (κ1) is 30.8. The highest BCUT2D eigenvalue weighted by Crippen LogP contribution is 2.36. The van der Waals surface area contributed by atoms with Crippen LogP contribution >= 0.6 is 11.6 Å². The molecule has 0 radical (unpaired) electrons. The first-order chi connectivity index (χ1) is 19.7. The summed E-state index contributed by atoms with van der Waals surface area (Å²) in [5.74, 6) is -0.723. The summed E-state index contributed by atoms with van der Waals surface area (Å²) in [6.07, 6.45) is 7.71. The summed E-state index contributed by atoms with van der Waals surface area (Å²) in [5.41, 5.74) is 0.338. The van der Waals surface area contributed by atoms with Gasteiger partial charge in [-0.25, -0.2) is 4.79 Å². The number of carbonyl (C=O) groups excluding carboxylic acids is 5. The Kier molecular flexibility index (Phi) is 10.6. The Labute approximate surface area is 246 Å². The third-order valence-corrected chi connectivity index (χ3v) is 8.99. The van der Waals surface area contributed by atoms with E-state index in [-0.39, 0.29) is 36.3 Å². The second kappa shape index (κ2) is 14.2. The number of carbonyl (C=O) groups is 5. The normalized spacial score (nSPS) is 22.0. The van der Waals surface area contributed by atoms with Gasteiger partial charge in [-0.15, -0.1) is 0 Å². The van der Waals surface area contributed by atoms with Crippen LogP contribution in [0.25, 0.3) is 0 Å². The average molecular weight is 589 g/mol. The molecule has 3 unspecified atom stereocenters. The van der Waals surface area contributed by atoms with E-state index in [0.29, 0.717) is 50.1 Å². The predicted molar refractivity (Wildman–Crippen MR) is 153 cm³/mol. The maximum atomic E-state index is 13.4. The van der Waals surface area contributed by atoms with Gasteiger partial charge in [0.15, 0.2) is 0 Å². The first-order valence-electron chi connectivity index (χ1n) is 14.7. The van der Waals surface area contributed by atoms with E-state index < -0.39 is 30.0 Å². The molecule has 11 heteroatoms. The van der Waals surface area contributed by atoms with Gasteiger partial charge < -0.3 is 30.4 Å². The zero-order valence-electron chi connectivity index (χ0n) is 23.7. The van der Waals surface area contributed by atoms with Crippen molar-refractivity contribution in [2.75, 3.05) is 13.1 Å². The number of amides is 4. The van der Waals surface area contributed by atoms with Crippen LogP contribution in [-0.4, -0.2) is 65.7 Å². The molecule has 4 amide bonds. The van der Waals surface area contributed by atoms with E-state index in [0.717, 1.165) is 37.7 Å². The van der Waals surface area contributed by atoms with Crippen LogP contribution in [-0.2, 0) is 30.5 Å². The molecule has 3 atom stereocenters. The lowest BCUT2D eigenvalue weighted by Gasteiger charge is -2.39. The molecule has 1 aliphatic carbocycles. The highest BCUT2D eigenvalue weighted by atomic mass is 35.5. The summed E-state index contributed by atoms with van der Waals surface area (Å²) in [5, 5.41) is 9.12. The molecule has 1 spiro atoms. The lowest BCUT2D eigenvalue weighted by atomic mass is 9.82. The molecule has 4 rings (SSSR count). The van der Waals surface area contributed by atoms with Gasteiger partial charge in [0.1, 0.15) is 18.9 Å². The monoisotopic (exact) mass is 588 g/mol. The summed E-state index contributed by atoms with van der Waals surface area (Å²) >= 11 is 6.01. The van der Waals surface area contributed by atoms with Crippen LogP contribution in [0, 0.1) is 11.8 Å². The Balaban J connectivity index is 1.34. The molecular formula is C30H41ClN4O6. The number of ether oxygens (including phenoxy) is 1. The Bertz CT molecular complexity index is 1120. The van der Waals surface area contributed by atoms with Gasteiger partial charge in [-0.3, -0.25) is 14.4 Å². The van der Waals surface area contributed by atoms with Crippen molar-refractivity contribution in [3.63, 3.8) is 0 Å². The third kappa shape index (κ3) is 8.67. The molecule has 1 saturated carbocycles. The van der Waals surface area contributed by atoms with Gasteiger partial charge in [0.05, 0.1) is 6.04 Å².